The Hall–Kier alpha value is -1.99. The summed E-state index contributed by atoms with van der Waals surface area (Å²) in [5.41, 5.74) is 0.525. The Bertz CT molecular complexity index is 401. The molecule has 1 aromatic rings. The highest BCUT2D eigenvalue weighted by molar-refractivity contribution is 5.87. The molecule has 0 amide bonds. The van der Waals surface area contributed by atoms with Gasteiger partial charge in [0.15, 0.2) is 6.79 Å². The molecule has 0 unspecified atom stereocenters. The van der Waals surface area contributed by atoms with Gasteiger partial charge in [-0.1, -0.05) is 18.1 Å². The van der Waals surface area contributed by atoms with Crippen LogP contribution in [0.1, 0.15) is 5.56 Å². The summed E-state index contributed by atoms with van der Waals surface area (Å²) in [4.78, 5) is 10.3. The third-order valence-corrected chi connectivity index (χ3v) is 1.52. The molecule has 0 aliphatic carbocycles. The second-order valence-electron chi connectivity index (χ2n) is 2.60. The summed E-state index contributed by atoms with van der Waals surface area (Å²) >= 11 is 0. The molecular weight excluding hydrogens is 196 g/mol. The van der Waals surface area contributed by atoms with Gasteiger partial charge in [-0.25, -0.2) is 4.79 Å². The van der Waals surface area contributed by atoms with E-state index in [4.69, 9.17) is 14.6 Å². The third kappa shape index (κ3) is 3.71. The molecule has 0 spiro atoms. The predicted octanol–water partition coefficient (Wildman–Crippen LogP) is 1.11. The van der Waals surface area contributed by atoms with Crippen molar-refractivity contribution in [3.05, 3.63) is 29.8 Å². The maximum absolute atomic E-state index is 10.3. The highest BCUT2D eigenvalue weighted by Crippen LogP contribution is 2.16. The summed E-state index contributed by atoms with van der Waals surface area (Å²) in [6, 6.07) is 6.91. The van der Waals surface area contributed by atoms with E-state index in [1.807, 2.05) is 5.92 Å². The summed E-state index contributed by atoms with van der Waals surface area (Å²) in [5.74, 6) is 3.85. The fourth-order valence-corrected chi connectivity index (χ4v) is 0.939. The monoisotopic (exact) mass is 206 g/mol. The fraction of sp³-hybridized carbons (Fsp3) is 0.182. The van der Waals surface area contributed by atoms with Crippen molar-refractivity contribution < 1.29 is 19.4 Å². The second-order valence-corrected chi connectivity index (χ2v) is 2.60. The number of hydrogen-bond acceptors (Lipinski definition) is 3. The number of benzene rings is 1. The van der Waals surface area contributed by atoms with E-state index < -0.39 is 5.97 Å². The second kappa shape index (κ2) is 5.68. The number of aliphatic carboxylic acids is 1. The van der Waals surface area contributed by atoms with E-state index >= 15 is 0 Å². The smallest absolute Gasteiger partial charge is 0.382 e. The van der Waals surface area contributed by atoms with E-state index in [1.165, 1.54) is 7.11 Å². The molecule has 15 heavy (non-hydrogen) atoms. The van der Waals surface area contributed by atoms with E-state index in [0.717, 1.165) is 0 Å². The lowest BCUT2D eigenvalue weighted by molar-refractivity contribution is -0.130. The Balaban J connectivity index is 2.87. The molecule has 1 aromatic carbocycles. The summed E-state index contributed by atoms with van der Waals surface area (Å²) in [6.45, 7) is 0.103. The van der Waals surface area contributed by atoms with Crippen LogP contribution in [0, 0.1) is 11.8 Å². The largest absolute Gasteiger partial charge is 0.472 e. The molecule has 0 aliphatic rings. The van der Waals surface area contributed by atoms with Crippen LogP contribution in [0.3, 0.4) is 0 Å². The molecule has 0 heterocycles. The minimum absolute atomic E-state index is 0.103. The van der Waals surface area contributed by atoms with Gasteiger partial charge in [-0.2, -0.15) is 0 Å². The lowest BCUT2D eigenvalue weighted by Crippen LogP contribution is -2.00. The Kier molecular flexibility index (Phi) is 4.20. The van der Waals surface area contributed by atoms with Crippen LogP contribution in [-0.2, 0) is 9.53 Å². The summed E-state index contributed by atoms with van der Waals surface area (Å²) in [7, 11) is 1.51. The van der Waals surface area contributed by atoms with Gasteiger partial charge in [0.05, 0.1) is 5.56 Å². The molecule has 0 fully saturated rings. The van der Waals surface area contributed by atoms with Gasteiger partial charge >= 0.3 is 5.97 Å². The van der Waals surface area contributed by atoms with Crippen molar-refractivity contribution in [2.24, 2.45) is 0 Å². The molecule has 1 N–H and O–H groups in total. The SMILES string of the molecule is COCOc1ccccc1C#CC(=O)O. The number of rotatable bonds is 3. The molecule has 0 aliphatic heterocycles. The lowest BCUT2D eigenvalue weighted by atomic mass is 10.2. The molecule has 0 radical (unpaired) electrons. The lowest BCUT2D eigenvalue weighted by Gasteiger charge is -2.05. The van der Waals surface area contributed by atoms with E-state index in [0.29, 0.717) is 11.3 Å². The van der Waals surface area contributed by atoms with Crippen molar-refractivity contribution >= 4 is 5.97 Å². The molecule has 0 bridgehead atoms. The van der Waals surface area contributed by atoms with Gasteiger partial charge in [-0.15, -0.1) is 0 Å². The average molecular weight is 206 g/mol. The van der Waals surface area contributed by atoms with Crippen LogP contribution < -0.4 is 4.74 Å². The van der Waals surface area contributed by atoms with Crippen LogP contribution in [0.2, 0.25) is 0 Å². The molecule has 4 heteroatoms. The molecular formula is C11H10O4. The average Bonchev–Trinajstić information content (AvgIpc) is 2.24. The van der Waals surface area contributed by atoms with Gasteiger partial charge in [0, 0.05) is 13.0 Å². The van der Waals surface area contributed by atoms with Gasteiger partial charge in [0.1, 0.15) is 5.75 Å². The molecule has 78 valence electrons. The first kappa shape index (κ1) is 11.1. The van der Waals surface area contributed by atoms with E-state index in [-0.39, 0.29) is 6.79 Å². The molecule has 0 atom stereocenters. The van der Waals surface area contributed by atoms with Crippen molar-refractivity contribution in [1.82, 2.24) is 0 Å². The first-order valence-electron chi connectivity index (χ1n) is 4.19. The van der Waals surface area contributed by atoms with Crippen molar-refractivity contribution in [1.29, 1.82) is 0 Å². The number of hydrogen-bond donors (Lipinski definition) is 1. The van der Waals surface area contributed by atoms with E-state index in [2.05, 4.69) is 5.92 Å². The van der Waals surface area contributed by atoms with Crippen LogP contribution in [0.15, 0.2) is 24.3 Å². The van der Waals surface area contributed by atoms with Gasteiger partial charge in [-0.3, -0.25) is 0 Å². The normalized spacial score (nSPS) is 8.87. The standard InChI is InChI=1S/C11H10O4/c1-14-8-15-10-5-3-2-4-9(10)6-7-11(12)13/h2-5H,8H2,1H3,(H,12,13). The van der Waals surface area contributed by atoms with Gasteiger partial charge in [-0.05, 0) is 12.1 Å². The topological polar surface area (TPSA) is 55.8 Å². The quantitative estimate of drug-likeness (QED) is 0.594. The van der Waals surface area contributed by atoms with Crippen LogP contribution in [0.4, 0.5) is 0 Å². The highest BCUT2D eigenvalue weighted by Gasteiger charge is 1.99. The molecule has 0 aromatic heterocycles. The Morgan fingerprint density at radius 1 is 1.47 bits per heavy atom. The minimum Gasteiger partial charge on any atom is -0.472 e. The number of carboxylic acid groups (broad SMARTS) is 1. The molecule has 0 saturated heterocycles. The van der Waals surface area contributed by atoms with E-state index in [1.54, 1.807) is 24.3 Å². The Morgan fingerprint density at radius 2 is 2.20 bits per heavy atom. The van der Waals surface area contributed by atoms with Crippen molar-refractivity contribution in [2.75, 3.05) is 13.9 Å². The maximum Gasteiger partial charge on any atom is 0.382 e. The van der Waals surface area contributed by atoms with Gasteiger partial charge in [0.25, 0.3) is 0 Å². The van der Waals surface area contributed by atoms with Crippen molar-refractivity contribution in [3.63, 3.8) is 0 Å². The predicted molar refractivity (Wildman–Crippen MR) is 53.5 cm³/mol. The van der Waals surface area contributed by atoms with Crippen LogP contribution in [0.5, 0.6) is 5.75 Å². The zero-order valence-electron chi connectivity index (χ0n) is 8.19. The van der Waals surface area contributed by atoms with Gasteiger partial charge < -0.3 is 14.6 Å². The fourth-order valence-electron chi connectivity index (χ4n) is 0.939. The van der Waals surface area contributed by atoms with Gasteiger partial charge in [0.2, 0.25) is 0 Å². The van der Waals surface area contributed by atoms with Crippen LogP contribution in [0.25, 0.3) is 0 Å². The zero-order chi connectivity index (χ0) is 11.1. The Labute approximate surface area is 87.4 Å². The number of methoxy groups -OCH3 is 1. The summed E-state index contributed by atoms with van der Waals surface area (Å²) < 4.78 is 9.94. The van der Waals surface area contributed by atoms with E-state index in [9.17, 15) is 4.79 Å². The zero-order valence-corrected chi connectivity index (χ0v) is 8.19. The molecule has 0 saturated carbocycles. The summed E-state index contributed by atoms with van der Waals surface area (Å²) in [6.07, 6.45) is 0. The third-order valence-electron chi connectivity index (χ3n) is 1.52. The van der Waals surface area contributed by atoms with Crippen LogP contribution >= 0.6 is 0 Å². The maximum atomic E-state index is 10.3. The van der Waals surface area contributed by atoms with Crippen molar-refractivity contribution in [3.8, 4) is 17.6 Å². The number of carboxylic acids is 1. The molecule has 1 rings (SSSR count). The molecule has 4 nitrogen and oxygen atoms in total. The van der Waals surface area contributed by atoms with Crippen molar-refractivity contribution in [2.45, 2.75) is 0 Å². The number of carbonyl (C=O) groups is 1. The van der Waals surface area contributed by atoms with Crippen LogP contribution in [-0.4, -0.2) is 25.0 Å². The highest BCUT2D eigenvalue weighted by atomic mass is 16.7. The Morgan fingerprint density at radius 3 is 2.87 bits per heavy atom. The number of para-hydroxylation sites is 1. The first-order chi connectivity index (χ1) is 7.24. The first-order valence-corrected chi connectivity index (χ1v) is 4.19. The number of ether oxygens (including phenoxy) is 2. The summed E-state index contributed by atoms with van der Waals surface area (Å²) in [5, 5.41) is 8.40. The minimum atomic E-state index is -1.17.